The molecule has 0 spiro atoms. The molecule has 1 amide bonds. The molecule has 0 fully saturated rings. The number of nitrogens with zero attached hydrogens (tertiary/aromatic N) is 2. The zero-order valence-corrected chi connectivity index (χ0v) is 11.3. The Hall–Kier alpha value is -2.96. The Balaban J connectivity index is 1.86. The van der Waals surface area contributed by atoms with Gasteiger partial charge >= 0.3 is 0 Å². The van der Waals surface area contributed by atoms with Crippen LogP contribution in [0.3, 0.4) is 0 Å². The van der Waals surface area contributed by atoms with Crippen molar-refractivity contribution in [3.63, 3.8) is 0 Å². The molecule has 2 rings (SSSR count). The third kappa shape index (κ3) is 4.27. The van der Waals surface area contributed by atoms with Gasteiger partial charge in [-0.2, -0.15) is 5.10 Å². The third-order valence-electron chi connectivity index (χ3n) is 2.65. The Morgan fingerprint density at radius 1 is 1.33 bits per heavy atom. The second kappa shape index (κ2) is 6.47. The molecule has 0 radical (unpaired) electrons. The summed E-state index contributed by atoms with van der Waals surface area (Å²) in [6.07, 6.45) is 1.49. The van der Waals surface area contributed by atoms with Gasteiger partial charge in [0.25, 0.3) is 5.69 Å². The van der Waals surface area contributed by atoms with E-state index in [1.807, 2.05) is 6.92 Å². The van der Waals surface area contributed by atoms with Crippen LogP contribution < -0.4 is 5.43 Å². The molecule has 0 unspecified atom stereocenters. The summed E-state index contributed by atoms with van der Waals surface area (Å²) in [4.78, 5) is 21.7. The minimum absolute atomic E-state index is 0.00892. The molecule has 21 heavy (non-hydrogen) atoms. The maximum Gasteiger partial charge on any atom is 0.269 e. The van der Waals surface area contributed by atoms with Crippen molar-refractivity contribution in [2.45, 2.75) is 13.3 Å². The summed E-state index contributed by atoms with van der Waals surface area (Å²) in [7, 11) is 0. The second-order valence-electron chi connectivity index (χ2n) is 4.34. The highest BCUT2D eigenvalue weighted by Gasteiger charge is 2.06. The van der Waals surface area contributed by atoms with Crippen LogP contribution in [0.25, 0.3) is 0 Å². The SMILES string of the molecule is Cc1ccc(/C=N/NC(=O)Cc2ccc([N+](=O)[O-])cc2)o1. The van der Waals surface area contributed by atoms with Crippen LogP contribution >= 0.6 is 0 Å². The number of amides is 1. The largest absolute Gasteiger partial charge is 0.460 e. The minimum Gasteiger partial charge on any atom is -0.460 e. The molecule has 0 aliphatic heterocycles. The lowest BCUT2D eigenvalue weighted by molar-refractivity contribution is -0.384. The van der Waals surface area contributed by atoms with Gasteiger partial charge in [-0.25, -0.2) is 5.43 Å². The molecule has 0 aliphatic rings. The number of non-ortho nitro benzene ring substituents is 1. The minimum atomic E-state index is -0.487. The molecule has 0 aliphatic carbocycles. The first-order valence-electron chi connectivity index (χ1n) is 6.16. The van der Waals surface area contributed by atoms with Crippen molar-refractivity contribution in [2.75, 3.05) is 0 Å². The Morgan fingerprint density at radius 2 is 2.05 bits per heavy atom. The van der Waals surface area contributed by atoms with Crippen LogP contribution in [0.2, 0.25) is 0 Å². The summed E-state index contributed by atoms with van der Waals surface area (Å²) in [5, 5.41) is 14.3. The molecule has 0 saturated carbocycles. The van der Waals surface area contributed by atoms with Gasteiger partial charge in [-0.05, 0) is 24.6 Å². The molecular formula is C14H13N3O4. The number of aryl methyl sites for hydroxylation is 1. The molecule has 1 aromatic carbocycles. The molecule has 1 heterocycles. The smallest absolute Gasteiger partial charge is 0.269 e. The maximum atomic E-state index is 11.6. The van der Waals surface area contributed by atoms with E-state index in [2.05, 4.69) is 10.5 Å². The highest BCUT2D eigenvalue weighted by molar-refractivity contribution is 5.81. The lowest BCUT2D eigenvalue weighted by Gasteiger charge is -2.00. The fourth-order valence-electron chi connectivity index (χ4n) is 1.65. The summed E-state index contributed by atoms with van der Waals surface area (Å²) in [6, 6.07) is 9.32. The number of hydrogen-bond donors (Lipinski definition) is 1. The fourth-order valence-corrected chi connectivity index (χ4v) is 1.65. The van der Waals surface area contributed by atoms with Gasteiger partial charge < -0.3 is 4.42 Å². The van der Waals surface area contributed by atoms with Crippen molar-refractivity contribution < 1.29 is 14.1 Å². The first-order valence-corrected chi connectivity index (χ1v) is 6.16. The standard InChI is InChI=1S/C14H13N3O4/c1-10-2-7-13(21-10)9-15-16-14(18)8-11-3-5-12(6-4-11)17(19)20/h2-7,9H,8H2,1H3,(H,16,18)/b15-9+. The van der Waals surface area contributed by atoms with Crippen LogP contribution in [0.1, 0.15) is 17.1 Å². The van der Waals surface area contributed by atoms with Gasteiger partial charge in [0.05, 0.1) is 17.6 Å². The lowest BCUT2D eigenvalue weighted by Crippen LogP contribution is -2.19. The third-order valence-corrected chi connectivity index (χ3v) is 2.65. The predicted molar refractivity (Wildman–Crippen MR) is 76.0 cm³/mol. The van der Waals surface area contributed by atoms with E-state index in [0.717, 1.165) is 5.76 Å². The van der Waals surface area contributed by atoms with Crippen molar-refractivity contribution in [1.82, 2.24) is 5.43 Å². The first-order chi connectivity index (χ1) is 10.0. The molecule has 7 heteroatoms. The number of furan rings is 1. The molecule has 7 nitrogen and oxygen atoms in total. The van der Waals surface area contributed by atoms with E-state index >= 15 is 0 Å². The molecule has 1 N–H and O–H groups in total. The van der Waals surface area contributed by atoms with Crippen LogP contribution in [0.4, 0.5) is 5.69 Å². The van der Waals surface area contributed by atoms with Crippen molar-refractivity contribution in [1.29, 1.82) is 0 Å². The maximum absolute atomic E-state index is 11.6. The Kier molecular flexibility index (Phi) is 4.45. The highest BCUT2D eigenvalue weighted by Crippen LogP contribution is 2.12. The van der Waals surface area contributed by atoms with Crippen molar-refractivity contribution in [3.05, 3.63) is 63.6 Å². The Bertz CT molecular complexity index is 674. The zero-order chi connectivity index (χ0) is 15.2. The van der Waals surface area contributed by atoms with Gasteiger partial charge in [0.15, 0.2) is 0 Å². The number of carbonyl (C=O) groups excluding carboxylic acids is 1. The number of rotatable bonds is 5. The highest BCUT2D eigenvalue weighted by atomic mass is 16.6. The number of nitrogens with one attached hydrogen (secondary N) is 1. The van der Waals surface area contributed by atoms with Crippen LogP contribution in [-0.4, -0.2) is 17.0 Å². The molecule has 0 atom stereocenters. The van der Waals surface area contributed by atoms with Crippen molar-refractivity contribution in [2.24, 2.45) is 5.10 Å². The first kappa shape index (κ1) is 14.4. The number of nitro groups is 1. The van der Waals surface area contributed by atoms with Gasteiger partial charge in [-0.15, -0.1) is 0 Å². The summed E-state index contributed by atoms with van der Waals surface area (Å²) in [6.45, 7) is 1.81. The molecule has 2 aromatic rings. The number of hydrogen-bond acceptors (Lipinski definition) is 5. The van der Waals surface area contributed by atoms with Gasteiger partial charge in [-0.3, -0.25) is 14.9 Å². The van der Waals surface area contributed by atoms with Crippen LogP contribution in [0.5, 0.6) is 0 Å². The predicted octanol–water partition coefficient (Wildman–Crippen LogP) is 2.19. The summed E-state index contributed by atoms with van der Waals surface area (Å²) < 4.78 is 5.25. The monoisotopic (exact) mass is 287 g/mol. The zero-order valence-electron chi connectivity index (χ0n) is 11.3. The van der Waals surface area contributed by atoms with Crippen molar-refractivity contribution >= 4 is 17.8 Å². The fraction of sp³-hybridized carbons (Fsp3) is 0.143. The summed E-state index contributed by atoms with van der Waals surface area (Å²) in [5.41, 5.74) is 3.02. The lowest BCUT2D eigenvalue weighted by atomic mass is 10.1. The van der Waals surface area contributed by atoms with Crippen LogP contribution in [-0.2, 0) is 11.2 Å². The van der Waals surface area contributed by atoms with E-state index in [4.69, 9.17) is 4.42 Å². The molecule has 0 bridgehead atoms. The summed E-state index contributed by atoms with van der Waals surface area (Å²) >= 11 is 0. The van der Waals surface area contributed by atoms with E-state index in [1.165, 1.54) is 30.5 Å². The van der Waals surface area contributed by atoms with Gasteiger partial charge in [-0.1, -0.05) is 12.1 Å². The number of benzene rings is 1. The van der Waals surface area contributed by atoms with Crippen LogP contribution in [0.15, 0.2) is 45.9 Å². The van der Waals surface area contributed by atoms with E-state index in [1.54, 1.807) is 12.1 Å². The number of hydrazone groups is 1. The number of nitro benzene ring substituents is 1. The Morgan fingerprint density at radius 3 is 2.62 bits per heavy atom. The molecule has 1 aromatic heterocycles. The Labute approximate surface area is 120 Å². The van der Waals surface area contributed by atoms with Crippen molar-refractivity contribution in [3.8, 4) is 0 Å². The molecule has 108 valence electrons. The van der Waals surface area contributed by atoms with Gasteiger partial charge in [0.1, 0.15) is 11.5 Å². The molecular weight excluding hydrogens is 274 g/mol. The topological polar surface area (TPSA) is 97.7 Å². The summed E-state index contributed by atoms with van der Waals surface area (Å²) in [5.74, 6) is 0.986. The van der Waals surface area contributed by atoms with E-state index in [0.29, 0.717) is 11.3 Å². The average molecular weight is 287 g/mol. The van der Waals surface area contributed by atoms with E-state index < -0.39 is 4.92 Å². The molecule has 0 saturated heterocycles. The van der Waals surface area contributed by atoms with E-state index in [9.17, 15) is 14.9 Å². The second-order valence-corrected chi connectivity index (χ2v) is 4.34. The van der Waals surface area contributed by atoms with Crippen LogP contribution in [0, 0.1) is 17.0 Å². The quantitative estimate of drug-likeness (QED) is 0.517. The normalized spacial score (nSPS) is 10.7. The van der Waals surface area contributed by atoms with E-state index in [-0.39, 0.29) is 18.0 Å². The van der Waals surface area contributed by atoms with Gasteiger partial charge in [0, 0.05) is 12.1 Å². The number of carbonyl (C=O) groups is 1. The van der Waals surface area contributed by atoms with Gasteiger partial charge in [0.2, 0.25) is 5.91 Å². The average Bonchev–Trinajstić information content (AvgIpc) is 2.85.